The third kappa shape index (κ3) is 3.67. The third-order valence-electron chi connectivity index (χ3n) is 5.42. The highest BCUT2D eigenvalue weighted by molar-refractivity contribution is 5.83. The lowest BCUT2D eigenvalue weighted by molar-refractivity contribution is 0.0878. The van der Waals surface area contributed by atoms with Gasteiger partial charge in [0, 0.05) is 19.3 Å². The molecule has 0 unspecified atom stereocenters. The summed E-state index contributed by atoms with van der Waals surface area (Å²) in [6, 6.07) is 16.5. The lowest BCUT2D eigenvalue weighted by Gasteiger charge is -2.29. The Morgan fingerprint density at radius 3 is 2.66 bits per heavy atom. The number of ether oxygens (including phenoxy) is 3. The lowest BCUT2D eigenvalue weighted by atomic mass is 10.1. The zero-order valence-corrected chi connectivity index (χ0v) is 17.8. The van der Waals surface area contributed by atoms with Gasteiger partial charge in [-0.3, -0.25) is 14.7 Å². The topological polar surface area (TPSA) is 74.0 Å². The monoisotopic (exact) mass is 430 g/mol. The summed E-state index contributed by atoms with van der Waals surface area (Å²) in [5, 5.41) is 0.447. The zero-order chi connectivity index (χ0) is 22.1. The molecule has 32 heavy (non-hydrogen) atoms. The van der Waals surface area contributed by atoms with E-state index >= 15 is 0 Å². The van der Waals surface area contributed by atoms with E-state index in [-0.39, 0.29) is 11.2 Å². The molecule has 0 atom stereocenters. The number of benzene rings is 2. The first kappa shape index (κ1) is 20.1. The fourth-order valence-electron chi connectivity index (χ4n) is 3.86. The molecule has 162 valence electrons. The fraction of sp³-hybridized carbons (Fsp3) is 0.200. The van der Waals surface area contributed by atoms with Crippen molar-refractivity contribution in [1.82, 2.24) is 9.88 Å². The van der Waals surface area contributed by atoms with E-state index in [4.69, 9.17) is 18.6 Å². The minimum atomic E-state index is -0.237. The van der Waals surface area contributed by atoms with Gasteiger partial charge in [0.1, 0.15) is 23.8 Å². The molecule has 1 aliphatic rings. The summed E-state index contributed by atoms with van der Waals surface area (Å²) < 4.78 is 23.3. The van der Waals surface area contributed by atoms with Crippen molar-refractivity contribution < 1.29 is 18.6 Å². The highest BCUT2D eigenvalue weighted by Crippen LogP contribution is 2.36. The van der Waals surface area contributed by atoms with Crippen LogP contribution in [0.4, 0.5) is 0 Å². The predicted molar refractivity (Wildman–Crippen MR) is 119 cm³/mol. The summed E-state index contributed by atoms with van der Waals surface area (Å²) in [5.74, 6) is 2.24. The standard InChI is InChI=1S/C25H22N2O5/c1-16-24(32-22-9-4-3-8-21(22)29-2)23(28)18-10-11-20-19(25(18)31-16)14-27(15-30-20)13-17-7-5-6-12-26-17/h3-12H,13-15H2,1-2H3. The van der Waals surface area contributed by atoms with Gasteiger partial charge in [-0.15, -0.1) is 0 Å². The van der Waals surface area contributed by atoms with Gasteiger partial charge in [-0.05, 0) is 43.3 Å². The van der Waals surface area contributed by atoms with Crippen LogP contribution in [0.3, 0.4) is 0 Å². The van der Waals surface area contributed by atoms with Gasteiger partial charge in [0.2, 0.25) is 11.2 Å². The summed E-state index contributed by atoms with van der Waals surface area (Å²) in [5.41, 5.74) is 2.07. The molecule has 0 amide bonds. The van der Waals surface area contributed by atoms with Gasteiger partial charge < -0.3 is 18.6 Å². The number of fused-ring (bicyclic) bond motifs is 3. The number of rotatable bonds is 5. The molecule has 2 aromatic carbocycles. The second-order valence-electron chi connectivity index (χ2n) is 7.57. The van der Waals surface area contributed by atoms with Gasteiger partial charge in [0.05, 0.1) is 23.8 Å². The number of hydrogen-bond donors (Lipinski definition) is 0. The van der Waals surface area contributed by atoms with Crippen LogP contribution in [-0.2, 0) is 13.1 Å². The normalized spacial score (nSPS) is 13.4. The van der Waals surface area contributed by atoms with Crippen LogP contribution in [0.1, 0.15) is 17.0 Å². The van der Waals surface area contributed by atoms with Crippen molar-refractivity contribution in [2.75, 3.05) is 13.8 Å². The summed E-state index contributed by atoms with van der Waals surface area (Å²) >= 11 is 0. The third-order valence-corrected chi connectivity index (χ3v) is 5.42. The molecule has 0 bridgehead atoms. The Kier molecular flexibility index (Phi) is 5.25. The molecule has 3 heterocycles. The van der Waals surface area contributed by atoms with Crippen LogP contribution in [0.5, 0.6) is 23.0 Å². The number of methoxy groups -OCH3 is 1. The second kappa shape index (κ2) is 8.36. The maximum atomic E-state index is 13.3. The van der Waals surface area contributed by atoms with Crippen LogP contribution in [0.2, 0.25) is 0 Å². The molecule has 0 radical (unpaired) electrons. The molecule has 7 nitrogen and oxygen atoms in total. The summed E-state index contributed by atoms with van der Waals surface area (Å²) in [6.07, 6.45) is 1.77. The molecule has 1 aliphatic heterocycles. The number of nitrogens with zero attached hydrogens (tertiary/aromatic N) is 2. The summed E-state index contributed by atoms with van der Waals surface area (Å²) in [7, 11) is 1.56. The Morgan fingerprint density at radius 2 is 1.88 bits per heavy atom. The number of pyridine rings is 1. The smallest absolute Gasteiger partial charge is 0.235 e. The Hall–Kier alpha value is -3.84. The van der Waals surface area contributed by atoms with E-state index in [1.165, 1.54) is 0 Å². The van der Waals surface area contributed by atoms with Crippen LogP contribution in [0.15, 0.2) is 70.0 Å². The molecular weight excluding hydrogens is 408 g/mol. The number of aryl methyl sites for hydroxylation is 1. The minimum absolute atomic E-state index is 0.143. The van der Waals surface area contributed by atoms with E-state index in [2.05, 4.69) is 9.88 Å². The summed E-state index contributed by atoms with van der Waals surface area (Å²) in [6.45, 7) is 3.38. The van der Waals surface area contributed by atoms with Gasteiger partial charge in [-0.2, -0.15) is 0 Å². The molecule has 0 fully saturated rings. The van der Waals surface area contributed by atoms with Crippen LogP contribution >= 0.6 is 0 Å². The molecule has 0 saturated carbocycles. The van der Waals surface area contributed by atoms with Crippen LogP contribution in [0, 0.1) is 6.92 Å². The molecule has 4 aromatic rings. The van der Waals surface area contributed by atoms with Crippen molar-refractivity contribution in [1.29, 1.82) is 0 Å². The van der Waals surface area contributed by atoms with Gasteiger partial charge in [-0.25, -0.2) is 0 Å². The first-order valence-electron chi connectivity index (χ1n) is 10.3. The Labute approximate surface area is 184 Å². The molecule has 0 N–H and O–H groups in total. The van der Waals surface area contributed by atoms with Crippen molar-refractivity contribution in [3.05, 3.63) is 88.0 Å². The fourth-order valence-corrected chi connectivity index (χ4v) is 3.86. The first-order chi connectivity index (χ1) is 15.6. The van der Waals surface area contributed by atoms with E-state index < -0.39 is 0 Å². The van der Waals surface area contributed by atoms with Gasteiger partial charge in [-0.1, -0.05) is 18.2 Å². The Morgan fingerprint density at radius 1 is 1.06 bits per heavy atom. The maximum Gasteiger partial charge on any atom is 0.235 e. The van der Waals surface area contributed by atoms with E-state index in [1.807, 2.05) is 36.4 Å². The SMILES string of the molecule is COc1ccccc1Oc1c(C)oc2c3c(ccc2c1=O)OCN(Cc1ccccn1)C3. The van der Waals surface area contributed by atoms with Crippen molar-refractivity contribution >= 4 is 11.0 Å². The molecule has 7 heteroatoms. The predicted octanol–water partition coefficient (Wildman–Crippen LogP) is 4.65. The Balaban J connectivity index is 1.52. The average Bonchev–Trinajstić information content (AvgIpc) is 2.82. The highest BCUT2D eigenvalue weighted by atomic mass is 16.5. The number of aromatic nitrogens is 1. The average molecular weight is 430 g/mol. The number of para-hydroxylation sites is 2. The summed E-state index contributed by atoms with van der Waals surface area (Å²) in [4.78, 5) is 19.8. The van der Waals surface area contributed by atoms with Crippen molar-refractivity contribution in [2.24, 2.45) is 0 Å². The van der Waals surface area contributed by atoms with E-state index in [0.717, 1.165) is 17.0 Å². The maximum absolute atomic E-state index is 13.3. The van der Waals surface area contributed by atoms with Crippen LogP contribution < -0.4 is 19.6 Å². The van der Waals surface area contributed by atoms with Gasteiger partial charge in [0.15, 0.2) is 11.5 Å². The van der Waals surface area contributed by atoms with E-state index in [1.54, 1.807) is 38.4 Å². The molecular formula is C25H22N2O5. The lowest BCUT2D eigenvalue weighted by Crippen LogP contribution is -2.32. The Bertz CT molecular complexity index is 1330. The van der Waals surface area contributed by atoms with E-state index in [9.17, 15) is 4.79 Å². The molecule has 0 spiro atoms. The molecule has 2 aromatic heterocycles. The van der Waals surface area contributed by atoms with Crippen LogP contribution in [0.25, 0.3) is 11.0 Å². The van der Waals surface area contributed by atoms with Gasteiger partial charge >= 0.3 is 0 Å². The molecule has 0 saturated heterocycles. The van der Waals surface area contributed by atoms with Crippen molar-refractivity contribution in [3.63, 3.8) is 0 Å². The minimum Gasteiger partial charge on any atom is -0.493 e. The van der Waals surface area contributed by atoms with Crippen LogP contribution in [-0.4, -0.2) is 23.7 Å². The van der Waals surface area contributed by atoms with Gasteiger partial charge in [0.25, 0.3) is 0 Å². The first-order valence-corrected chi connectivity index (χ1v) is 10.3. The van der Waals surface area contributed by atoms with Crippen molar-refractivity contribution in [2.45, 2.75) is 20.0 Å². The largest absolute Gasteiger partial charge is 0.493 e. The van der Waals surface area contributed by atoms with E-state index in [0.29, 0.717) is 48.0 Å². The number of hydrogen-bond acceptors (Lipinski definition) is 7. The zero-order valence-electron chi connectivity index (χ0n) is 17.8. The molecule has 5 rings (SSSR count). The molecule has 0 aliphatic carbocycles. The highest BCUT2D eigenvalue weighted by Gasteiger charge is 2.24. The quantitative estimate of drug-likeness (QED) is 0.456. The van der Waals surface area contributed by atoms with Crippen molar-refractivity contribution in [3.8, 4) is 23.0 Å². The second-order valence-corrected chi connectivity index (χ2v) is 7.57.